The minimum Gasteiger partial charge on any atom is -0.744 e. The summed E-state index contributed by atoms with van der Waals surface area (Å²) in [5.41, 5.74) is 4.48. The minimum absolute atomic E-state index is 0. The van der Waals surface area contributed by atoms with Gasteiger partial charge in [-0.1, -0.05) is 0 Å². The molecule has 1 aromatic rings. The second-order valence-electron chi connectivity index (χ2n) is 3.90. The van der Waals surface area contributed by atoms with E-state index in [2.05, 4.69) is 5.10 Å². The van der Waals surface area contributed by atoms with Gasteiger partial charge in [0.1, 0.15) is 10.1 Å². The Bertz CT molecular complexity index is 749. The van der Waals surface area contributed by atoms with Gasteiger partial charge in [-0.2, -0.15) is 10.1 Å². The summed E-state index contributed by atoms with van der Waals surface area (Å²) < 4.78 is 33.5. The molecular weight excluding hydrogens is 336 g/mol. The van der Waals surface area contributed by atoms with Crippen molar-refractivity contribution in [1.29, 1.82) is 0 Å². The topological polar surface area (TPSA) is 156 Å². The number of benzene rings is 1. The Hall–Kier alpha value is -0.460. The molecule has 9 nitrogen and oxygen atoms in total. The molecule has 0 bridgehead atoms. The smallest absolute Gasteiger partial charge is 0.744 e. The summed E-state index contributed by atoms with van der Waals surface area (Å²) in [5.74, 6) is -2.44. The van der Waals surface area contributed by atoms with Gasteiger partial charge < -0.3 is 20.2 Å². The standard InChI is InChI=1S/C10H9N3O6S.2Na/c11-5-1-2-7(8(3-5)20(17,18)19)13-9(14)4-6(12-13)10(15)16;;/h1-3H,4,11H2,(H,15,16)(H,17,18,19);;/q;2*+1/p-2. The zero-order chi connectivity index (χ0) is 15.1. The Labute approximate surface area is 169 Å². The quantitative estimate of drug-likeness (QED) is 0.324. The van der Waals surface area contributed by atoms with Crippen molar-refractivity contribution in [1.82, 2.24) is 0 Å². The van der Waals surface area contributed by atoms with Gasteiger partial charge in [-0.05, 0) is 18.2 Å². The van der Waals surface area contributed by atoms with Crippen molar-refractivity contribution < 1.29 is 86.8 Å². The molecule has 0 radical (unpaired) electrons. The SMILES string of the molecule is Nc1ccc(N2N=C(C(=O)[O-])CC2=O)c(S(=O)(=O)[O-])c1.[Na+].[Na+]. The molecule has 0 saturated heterocycles. The number of carboxylic acid groups (broad SMARTS) is 1. The van der Waals surface area contributed by atoms with E-state index in [0.717, 1.165) is 12.1 Å². The van der Waals surface area contributed by atoms with Gasteiger partial charge >= 0.3 is 59.1 Å². The number of carbonyl (C=O) groups is 2. The molecule has 0 atom stereocenters. The van der Waals surface area contributed by atoms with Crippen LogP contribution in [0.15, 0.2) is 28.2 Å². The number of amides is 1. The molecule has 12 heteroatoms. The molecule has 1 aromatic carbocycles. The molecule has 0 saturated carbocycles. The second-order valence-corrected chi connectivity index (χ2v) is 5.25. The van der Waals surface area contributed by atoms with Gasteiger partial charge in [0.25, 0.3) is 5.91 Å². The number of anilines is 2. The van der Waals surface area contributed by atoms with Crippen molar-refractivity contribution in [2.75, 3.05) is 10.7 Å². The van der Waals surface area contributed by atoms with Crippen molar-refractivity contribution in [3.05, 3.63) is 18.2 Å². The number of hydrogen-bond acceptors (Lipinski definition) is 8. The van der Waals surface area contributed by atoms with E-state index in [4.69, 9.17) is 5.73 Å². The van der Waals surface area contributed by atoms with Crippen LogP contribution in [0.25, 0.3) is 0 Å². The maximum absolute atomic E-state index is 11.6. The Morgan fingerprint density at radius 1 is 1.32 bits per heavy atom. The third-order valence-electron chi connectivity index (χ3n) is 2.49. The normalized spacial score (nSPS) is 14.0. The van der Waals surface area contributed by atoms with E-state index in [1.165, 1.54) is 6.07 Å². The number of rotatable bonds is 3. The summed E-state index contributed by atoms with van der Waals surface area (Å²) in [6.07, 6.45) is -0.551. The summed E-state index contributed by atoms with van der Waals surface area (Å²) in [4.78, 5) is 21.5. The fourth-order valence-corrected chi connectivity index (χ4v) is 2.33. The first kappa shape index (κ1) is 21.5. The molecule has 2 N–H and O–H groups in total. The van der Waals surface area contributed by atoms with Crippen molar-refractivity contribution in [2.45, 2.75) is 11.3 Å². The van der Waals surface area contributed by atoms with Crippen LogP contribution in [-0.4, -0.2) is 30.6 Å². The van der Waals surface area contributed by atoms with Crippen LogP contribution in [0.5, 0.6) is 0 Å². The molecule has 0 unspecified atom stereocenters. The van der Waals surface area contributed by atoms with Gasteiger partial charge in [-0.15, -0.1) is 0 Å². The molecule has 0 spiro atoms. The number of nitrogens with zero attached hydrogens (tertiary/aromatic N) is 2. The van der Waals surface area contributed by atoms with E-state index in [-0.39, 0.29) is 70.5 Å². The molecule has 1 aliphatic rings. The molecule has 0 fully saturated rings. The van der Waals surface area contributed by atoms with E-state index in [1.807, 2.05) is 0 Å². The molecule has 106 valence electrons. The molecule has 1 aliphatic heterocycles. The monoisotopic (exact) mass is 343 g/mol. The number of carbonyl (C=O) groups excluding carboxylic acids is 2. The van der Waals surface area contributed by atoms with Crippen LogP contribution in [-0.2, 0) is 19.7 Å². The van der Waals surface area contributed by atoms with Crippen LogP contribution in [0.3, 0.4) is 0 Å². The van der Waals surface area contributed by atoms with Crippen molar-refractivity contribution >= 4 is 39.1 Å². The predicted octanol–water partition coefficient (Wildman–Crippen LogP) is -7.98. The summed E-state index contributed by atoms with van der Waals surface area (Å²) in [5, 5.41) is 14.6. The number of aliphatic carboxylic acids is 1. The number of nitrogens with two attached hydrogens (primary N) is 1. The minimum atomic E-state index is -4.91. The fraction of sp³-hybridized carbons (Fsp3) is 0.100. The first-order valence-corrected chi connectivity index (χ1v) is 6.58. The first-order valence-electron chi connectivity index (χ1n) is 5.17. The Morgan fingerprint density at radius 3 is 2.36 bits per heavy atom. The third kappa shape index (κ3) is 4.52. The van der Waals surface area contributed by atoms with Gasteiger partial charge in [0.05, 0.1) is 28.7 Å². The third-order valence-corrected chi connectivity index (χ3v) is 3.36. The zero-order valence-electron chi connectivity index (χ0n) is 11.8. The van der Waals surface area contributed by atoms with E-state index < -0.39 is 39.0 Å². The van der Waals surface area contributed by atoms with Gasteiger partial charge in [-0.3, -0.25) is 4.79 Å². The number of carboxylic acids is 1. The molecule has 1 amide bonds. The fourth-order valence-electron chi connectivity index (χ4n) is 1.64. The second kappa shape index (κ2) is 7.88. The average molecular weight is 343 g/mol. The zero-order valence-corrected chi connectivity index (χ0v) is 16.6. The van der Waals surface area contributed by atoms with Gasteiger partial charge in [0, 0.05) is 5.69 Å². The largest absolute Gasteiger partial charge is 1.00 e. The molecule has 1 heterocycles. The summed E-state index contributed by atoms with van der Waals surface area (Å²) in [6.45, 7) is 0. The summed E-state index contributed by atoms with van der Waals surface area (Å²) in [7, 11) is -4.91. The predicted molar refractivity (Wildman–Crippen MR) is 63.4 cm³/mol. The number of hydrogen-bond donors (Lipinski definition) is 1. The Kier molecular flexibility index (Phi) is 7.72. The van der Waals surface area contributed by atoms with Crippen LogP contribution in [0.2, 0.25) is 0 Å². The van der Waals surface area contributed by atoms with Crippen molar-refractivity contribution in [3.63, 3.8) is 0 Å². The molecule has 0 aliphatic carbocycles. The van der Waals surface area contributed by atoms with Gasteiger partial charge in [0.2, 0.25) is 0 Å². The Balaban J connectivity index is 0.00000220. The van der Waals surface area contributed by atoms with E-state index in [1.54, 1.807) is 0 Å². The van der Waals surface area contributed by atoms with Crippen LogP contribution in [0.4, 0.5) is 11.4 Å². The van der Waals surface area contributed by atoms with E-state index in [9.17, 15) is 27.7 Å². The number of hydrazone groups is 1. The summed E-state index contributed by atoms with van der Waals surface area (Å²) in [6, 6.07) is 3.22. The summed E-state index contributed by atoms with van der Waals surface area (Å²) >= 11 is 0. The van der Waals surface area contributed by atoms with Crippen molar-refractivity contribution in [2.24, 2.45) is 5.10 Å². The van der Waals surface area contributed by atoms with E-state index in [0.29, 0.717) is 5.01 Å². The van der Waals surface area contributed by atoms with Crippen LogP contribution in [0.1, 0.15) is 6.42 Å². The van der Waals surface area contributed by atoms with Crippen molar-refractivity contribution in [3.8, 4) is 0 Å². The maximum Gasteiger partial charge on any atom is 1.00 e. The van der Waals surface area contributed by atoms with Gasteiger partial charge in [0.15, 0.2) is 0 Å². The van der Waals surface area contributed by atoms with Crippen LogP contribution in [0, 0.1) is 0 Å². The molecule has 0 aromatic heterocycles. The number of nitrogen functional groups attached to an aromatic ring is 1. The van der Waals surface area contributed by atoms with Gasteiger partial charge in [-0.25, -0.2) is 8.42 Å². The maximum atomic E-state index is 11.6. The molecular formula is C10H7N3Na2O6S. The molecule has 22 heavy (non-hydrogen) atoms. The Morgan fingerprint density at radius 2 is 1.91 bits per heavy atom. The average Bonchev–Trinajstić information content (AvgIpc) is 2.70. The van der Waals surface area contributed by atoms with Crippen LogP contribution < -0.4 is 75.0 Å². The first-order chi connectivity index (χ1) is 9.20. The molecule has 2 rings (SSSR count). The van der Waals surface area contributed by atoms with E-state index >= 15 is 0 Å². The van der Waals surface area contributed by atoms with Crippen LogP contribution >= 0.6 is 0 Å².